The van der Waals surface area contributed by atoms with Crippen molar-refractivity contribution in [2.45, 2.75) is 4.90 Å². The van der Waals surface area contributed by atoms with E-state index in [9.17, 15) is 8.42 Å². The minimum absolute atomic E-state index is 0.0948. The highest BCUT2D eigenvalue weighted by Crippen LogP contribution is 2.35. The van der Waals surface area contributed by atoms with Crippen molar-refractivity contribution in [1.82, 2.24) is 9.97 Å². The van der Waals surface area contributed by atoms with Crippen LogP contribution in [-0.4, -0.2) is 25.4 Å². The lowest BCUT2D eigenvalue weighted by molar-refractivity contribution is 0.598. The SMILES string of the molecule is CNc1ncnc2cc(-c3cccc(S(N)(=O)=O)c3)sc12. The lowest BCUT2D eigenvalue weighted by Gasteiger charge is -2.01. The average molecular weight is 320 g/mol. The number of sulfonamides is 1. The molecule has 8 heteroatoms. The van der Waals surface area contributed by atoms with Crippen LogP contribution in [0.3, 0.4) is 0 Å². The molecule has 0 aliphatic heterocycles. The molecule has 0 fully saturated rings. The first-order valence-electron chi connectivity index (χ1n) is 6.04. The fourth-order valence-electron chi connectivity index (χ4n) is 2.00. The van der Waals surface area contributed by atoms with E-state index in [0.29, 0.717) is 0 Å². The standard InChI is InChI=1S/C13H12N4O2S2/c1-15-13-12-10(16-7-17-13)6-11(20-12)8-3-2-4-9(5-8)21(14,18)19/h2-7H,1H3,(H2,14,18,19)(H,15,16,17). The molecule has 6 nitrogen and oxygen atoms in total. The van der Waals surface area contributed by atoms with Gasteiger partial charge in [0.15, 0.2) is 0 Å². The number of primary sulfonamides is 1. The maximum Gasteiger partial charge on any atom is 0.238 e. The van der Waals surface area contributed by atoms with E-state index >= 15 is 0 Å². The molecule has 3 aromatic rings. The summed E-state index contributed by atoms with van der Waals surface area (Å²) < 4.78 is 23.8. The molecule has 108 valence electrons. The molecule has 2 aromatic heterocycles. The Morgan fingerprint density at radius 1 is 1.24 bits per heavy atom. The molecule has 0 aliphatic rings. The molecule has 21 heavy (non-hydrogen) atoms. The zero-order valence-electron chi connectivity index (χ0n) is 11.1. The Bertz CT molecular complexity index is 919. The van der Waals surface area contributed by atoms with Crippen LogP contribution in [0.2, 0.25) is 0 Å². The number of benzene rings is 1. The first-order chi connectivity index (χ1) is 9.99. The van der Waals surface area contributed by atoms with Crippen molar-refractivity contribution in [3.63, 3.8) is 0 Å². The van der Waals surface area contributed by atoms with Gasteiger partial charge in [-0.05, 0) is 23.8 Å². The number of rotatable bonds is 3. The molecule has 3 rings (SSSR count). The van der Waals surface area contributed by atoms with Gasteiger partial charge in [0.05, 0.1) is 15.1 Å². The summed E-state index contributed by atoms with van der Waals surface area (Å²) >= 11 is 1.50. The van der Waals surface area contributed by atoms with E-state index in [2.05, 4.69) is 15.3 Å². The minimum Gasteiger partial charge on any atom is -0.372 e. The molecule has 1 aromatic carbocycles. The largest absolute Gasteiger partial charge is 0.372 e. The number of thiophene rings is 1. The number of fused-ring (bicyclic) bond motifs is 1. The van der Waals surface area contributed by atoms with Crippen LogP contribution in [0.5, 0.6) is 0 Å². The van der Waals surface area contributed by atoms with Gasteiger partial charge >= 0.3 is 0 Å². The molecule has 2 heterocycles. The van der Waals surface area contributed by atoms with Crippen LogP contribution in [0.4, 0.5) is 5.82 Å². The van der Waals surface area contributed by atoms with Gasteiger partial charge in [0.1, 0.15) is 12.1 Å². The number of anilines is 1. The van der Waals surface area contributed by atoms with Gasteiger partial charge in [0.25, 0.3) is 0 Å². The van der Waals surface area contributed by atoms with Gasteiger partial charge in [-0.25, -0.2) is 23.5 Å². The second kappa shape index (κ2) is 5.06. The van der Waals surface area contributed by atoms with Crippen molar-refractivity contribution < 1.29 is 8.42 Å². The van der Waals surface area contributed by atoms with E-state index in [1.165, 1.54) is 23.7 Å². The zero-order valence-corrected chi connectivity index (χ0v) is 12.7. The molecule has 0 bridgehead atoms. The quantitative estimate of drug-likeness (QED) is 0.769. The normalized spacial score (nSPS) is 11.7. The van der Waals surface area contributed by atoms with E-state index in [-0.39, 0.29) is 4.90 Å². The van der Waals surface area contributed by atoms with Crippen molar-refractivity contribution in [3.05, 3.63) is 36.7 Å². The molecule has 0 unspecified atom stereocenters. The highest BCUT2D eigenvalue weighted by molar-refractivity contribution is 7.89. The second-order valence-electron chi connectivity index (χ2n) is 4.37. The highest BCUT2D eigenvalue weighted by Gasteiger charge is 2.12. The highest BCUT2D eigenvalue weighted by atomic mass is 32.2. The monoisotopic (exact) mass is 320 g/mol. The Morgan fingerprint density at radius 3 is 2.76 bits per heavy atom. The van der Waals surface area contributed by atoms with E-state index in [1.807, 2.05) is 12.1 Å². The second-order valence-corrected chi connectivity index (χ2v) is 6.98. The Morgan fingerprint density at radius 2 is 2.05 bits per heavy atom. The van der Waals surface area contributed by atoms with Crippen molar-refractivity contribution in [2.24, 2.45) is 5.14 Å². The number of aromatic nitrogens is 2. The summed E-state index contributed by atoms with van der Waals surface area (Å²) in [5.74, 6) is 0.749. The maximum atomic E-state index is 11.4. The summed E-state index contributed by atoms with van der Waals surface area (Å²) in [5, 5.41) is 8.18. The van der Waals surface area contributed by atoms with Crippen molar-refractivity contribution in [2.75, 3.05) is 12.4 Å². The predicted octanol–water partition coefficient (Wildman–Crippen LogP) is 2.05. The molecule has 0 saturated carbocycles. The van der Waals surface area contributed by atoms with Crippen molar-refractivity contribution in [1.29, 1.82) is 0 Å². The third-order valence-corrected chi connectivity index (χ3v) is 5.09. The van der Waals surface area contributed by atoms with Crippen LogP contribution in [0.1, 0.15) is 0 Å². The topological polar surface area (TPSA) is 98.0 Å². The van der Waals surface area contributed by atoms with Crippen LogP contribution in [0.25, 0.3) is 20.7 Å². The fraction of sp³-hybridized carbons (Fsp3) is 0.0769. The first-order valence-corrected chi connectivity index (χ1v) is 8.41. The average Bonchev–Trinajstić information content (AvgIpc) is 2.90. The number of hydrogen-bond acceptors (Lipinski definition) is 6. The minimum atomic E-state index is -3.71. The number of hydrogen-bond donors (Lipinski definition) is 2. The van der Waals surface area contributed by atoms with Gasteiger partial charge in [-0.2, -0.15) is 0 Å². The summed E-state index contributed by atoms with van der Waals surface area (Å²) in [7, 11) is -1.92. The lowest BCUT2D eigenvalue weighted by Crippen LogP contribution is -2.11. The van der Waals surface area contributed by atoms with E-state index in [1.54, 1.807) is 19.2 Å². The Balaban J connectivity index is 2.17. The van der Waals surface area contributed by atoms with Crippen LogP contribution >= 0.6 is 11.3 Å². The Labute approximate surface area is 125 Å². The molecule has 0 spiro atoms. The number of nitrogens with zero attached hydrogens (tertiary/aromatic N) is 2. The summed E-state index contributed by atoms with van der Waals surface area (Å²) in [6.07, 6.45) is 1.49. The summed E-state index contributed by atoms with van der Waals surface area (Å²) in [4.78, 5) is 9.39. The van der Waals surface area contributed by atoms with Crippen LogP contribution in [-0.2, 0) is 10.0 Å². The summed E-state index contributed by atoms with van der Waals surface area (Å²) in [6.45, 7) is 0. The van der Waals surface area contributed by atoms with Gasteiger partial charge in [-0.1, -0.05) is 12.1 Å². The number of nitrogens with one attached hydrogen (secondary N) is 1. The van der Waals surface area contributed by atoms with Crippen LogP contribution in [0, 0.1) is 0 Å². The molecule has 0 aliphatic carbocycles. The third kappa shape index (κ3) is 2.60. The summed E-state index contributed by atoms with van der Waals surface area (Å²) in [6, 6.07) is 8.46. The molecule has 0 amide bonds. The number of nitrogens with two attached hydrogens (primary N) is 1. The first kappa shape index (κ1) is 13.9. The molecule has 0 atom stereocenters. The molecular weight excluding hydrogens is 308 g/mol. The van der Waals surface area contributed by atoms with Crippen LogP contribution < -0.4 is 10.5 Å². The Kier molecular flexibility index (Phi) is 3.36. The van der Waals surface area contributed by atoms with Gasteiger partial charge in [0, 0.05) is 11.9 Å². The molecule has 0 radical (unpaired) electrons. The summed E-state index contributed by atoms with van der Waals surface area (Å²) in [5.41, 5.74) is 1.60. The molecular formula is C13H12N4O2S2. The molecule has 0 saturated heterocycles. The van der Waals surface area contributed by atoms with E-state index < -0.39 is 10.0 Å². The smallest absolute Gasteiger partial charge is 0.238 e. The maximum absolute atomic E-state index is 11.4. The van der Waals surface area contributed by atoms with Gasteiger partial charge in [-0.3, -0.25) is 0 Å². The van der Waals surface area contributed by atoms with Gasteiger partial charge in [-0.15, -0.1) is 11.3 Å². The fourth-order valence-corrected chi connectivity index (χ4v) is 3.66. The van der Waals surface area contributed by atoms with E-state index in [0.717, 1.165) is 26.5 Å². The van der Waals surface area contributed by atoms with Crippen LogP contribution in [0.15, 0.2) is 41.6 Å². The van der Waals surface area contributed by atoms with Crippen molar-refractivity contribution >= 4 is 37.4 Å². The zero-order chi connectivity index (χ0) is 15.0. The van der Waals surface area contributed by atoms with E-state index in [4.69, 9.17) is 5.14 Å². The van der Waals surface area contributed by atoms with Gasteiger partial charge in [0.2, 0.25) is 10.0 Å². The lowest BCUT2D eigenvalue weighted by atomic mass is 10.2. The Hall–Kier alpha value is -2.03. The third-order valence-electron chi connectivity index (χ3n) is 3.00. The predicted molar refractivity (Wildman–Crippen MR) is 83.8 cm³/mol. The van der Waals surface area contributed by atoms with Gasteiger partial charge < -0.3 is 5.32 Å². The van der Waals surface area contributed by atoms with Crippen molar-refractivity contribution in [3.8, 4) is 10.4 Å². The molecule has 3 N–H and O–H groups in total.